The summed E-state index contributed by atoms with van der Waals surface area (Å²) in [5.41, 5.74) is -6.22. The highest BCUT2D eigenvalue weighted by Crippen LogP contribution is 2.44. The molecular weight excluding hydrogens is 381 g/mol. The number of aryl methyl sites for hydroxylation is 1. The third-order valence-electron chi connectivity index (χ3n) is 4.40. The lowest BCUT2D eigenvalue weighted by Gasteiger charge is -2.29. The van der Waals surface area contributed by atoms with E-state index >= 15 is 0 Å². The number of halogens is 3. The Morgan fingerprint density at radius 2 is 1.82 bits per heavy atom. The Labute approximate surface area is 155 Å². The summed E-state index contributed by atoms with van der Waals surface area (Å²) in [6.07, 6.45) is -5.06. The van der Waals surface area contributed by atoms with Gasteiger partial charge in [0.2, 0.25) is 11.4 Å². The van der Waals surface area contributed by atoms with Crippen molar-refractivity contribution in [1.82, 2.24) is 14.9 Å². The molecule has 1 aromatic carbocycles. The van der Waals surface area contributed by atoms with Crippen LogP contribution >= 0.6 is 0 Å². The minimum absolute atomic E-state index is 0.101. The van der Waals surface area contributed by atoms with E-state index in [-0.39, 0.29) is 13.0 Å². The van der Waals surface area contributed by atoms with Gasteiger partial charge in [-0.1, -0.05) is 30.3 Å². The molecule has 0 saturated carbocycles. The maximum atomic E-state index is 13.9. The summed E-state index contributed by atoms with van der Waals surface area (Å²) in [5, 5.41) is 3.51. The molecule has 2 aromatic rings. The maximum absolute atomic E-state index is 13.9. The number of fused-ring (bicyclic) bond motifs is 1. The van der Waals surface area contributed by atoms with Crippen LogP contribution in [0.1, 0.15) is 18.1 Å². The van der Waals surface area contributed by atoms with E-state index in [0.29, 0.717) is 0 Å². The fourth-order valence-electron chi connectivity index (χ4n) is 3.19. The summed E-state index contributed by atoms with van der Waals surface area (Å²) in [6.45, 7) is 0.689. The van der Waals surface area contributed by atoms with Crippen molar-refractivity contribution in [2.75, 3.05) is 5.32 Å². The van der Waals surface area contributed by atoms with E-state index < -0.39 is 46.2 Å². The Balaban J connectivity index is 2.17. The highest BCUT2D eigenvalue weighted by molar-refractivity contribution is 6.07. The van der Waals surface area contributed by atoms with E-state index in [9.17, 15) is 32.3 Å². The van der Waals surface area contributed by atoms with E-state index in [1.54, 1.807) is 40.6 Å². The number of carbonyl (C=O) groups is 2. The van der Waals surface area contributed by atoms with E-state index in [4.69, 9.17) is 0 Å². The number of amides is 2. The molecule has 28 heavy (non-hydrogen) atoms. The predicted octanol–water partition coefficient (Wildman–Crippen LogP) is 0.625. The van der Waals surface area contributed by atoms with Crippen LogP contribution in [0.15, 0.2) is 39.9 Å². The molecule has 148 valence electrons. The molecule has 0 spiro atoms. The number of H-pyrrole nitrogens is 1. The van der Waals surface area contributed by atoms with Crippen LogP contribution < -0.4 is 21.9 Å². The standard InChI is InChI=1S/C17H15F3N4O4/c1-9(25)23-16(17(18,19)20)11-12(21-14(16)27)24(15(28)22-13(11)26)8-7-10-5-3-2-4-6-10/h2-6H,7-8H2,1H3,(H,21,27)(H,23,25)(H,22,26,28)/t16-/m1/s1. The molecule has 11 heteroatoms. The van der Waals surface area contributed by atoms with Crippen molar-refractivity contribution in [3.05, 3.63) is 62.3 Å². The number of anilines is 1. The minimum Gasteiger partial charge on any atom is -0.331 e. The lowest BCUT2D eigenvalue weighted by atomic mass is 9.92. The molecule has 0 fully saturated rings. The zero-order chi connectivity index (χ0) is 20.7. The Bertz CT molecular complexity index is 1060. The molecule has 3 rings (SSSR count). The monoisotopic (exact) mass is 396 g/mol. The van der Waals surface area contributed by atoms with Crippen molar-refractivity contribution >= 4 is 17.6 Å². The third-order valence-corrected chi connectivity index (χ3v) is 4.40. The second kappa shape index (κ2) is 6.66. The summed E-state index contributed by atoms with van der Waals surface area (Å²) in [5.74, 6) is -3.41. The van der Waals surface area contributed by atoms with Crippen molar-refractivity contribution in [2.24, 2.45) is 0 Å². The number of rotatable bonds is 4. The van der Waals surface area contributed by atoms with Gasteiger partial charge in [-0.05, 0) is 12.0 Å². The fourth-order valence-corrected chi connectivity index (χ4v) is 3.19. The summed E-state index contributed by atoms with van der Waals surface area (Å²) < 4.78 is 42.4. The Morgan fingerprint density at radius 1 is 1.18 bits per heavy atom. The number of aromatic nitrogens is 2. The smallest absolute Gasteiger partial charge is 0.331 e. The summed E-state index contributed by atoms with van der Waals surface area (Å²) in [7, 11) is 0. The van der Waals surface area contributed by atoms with Crippen LogP contribution in [0.3, 0.4) is 0 Å². The first-order valence-electron chi connectivity index (χ1n) is 8.16. The third kappa shape index (κ3) is 2.98. The van der Waals surface area contributed by atoms with E-state index in [1.165, 1.54) is 0 Å². The topological polar surface area (TPSA) is 113 Å². The minimum atomic E-state index is -5.32. The fraction of sp³-hybridized carbons (Fsp3) is 0.294. The molecule has 1 aliphatic rings. The van der Waals surface area contributed by atoms with Crippen molar-refractivity contribution in [3.63, 3.8) is 0 Å². The molecule has 0 bridgehead atoms. The van der Waals surface area contributed by atoms with Gasteiger partial charge < -0.3 is 10.6 Å². The molecule has 2 heterocycles. The van der Waals surface area contributed by atoms with Crippen LogP contribution in [0.2, 0.25) is 0 Å². The zero-order valence-electron chi connectivity index (χ0n) is 14.5. The number of aromatic amines is 1. The van der Waals surface area contributed by atoms with Gasteiger partial charge >= 0.3 is 11.9 Å². The molecule has 0 aliphatic carbocycles. The van der Waals surface area contributed by atoms with Crippen molar-refractivity contribution in [2.45, 2.75) is 31.6 Å². The predicted molar refractivity (Wildman–Crippen MR) is 91.6 cm³/mol. The molecule has 3 N–H and O–H groups in total. The Kier molecular flexibility index (Phi) is 4.61. The van der Waals surface area contributed by atoms with Crippen LogP contribution in [0.4, 0.5) is 19.0 Å². The quantitative estimate of drug-likeness (QED) is 0.703. The number of alkyl halides is 3. The van der Waals surface area contributed by atoms with Crippen LogP contribution in [0.5, 0.6) is 0 Å². The highest BCUT2D eigenvalue weighted by atomic mass is 19.4. The molecular formula is C17H15F3N4O4. The number of benzene rings is 1. The molecule has 0 unspecified atom stereocenters. The van der Waals surface area contributed by atoms with Crippen molar-refractivity contribution in [1.29, 1.82) is 0 Å². The molecule has 1 aliphatic heterocycles. The average molecular weight is 396 g/mol. The van der Waals surface area contributed by atoms with E-state index in [2.05, 4.69) is 0 Å². The summed E-state index contributed by atoms with van der Waals surface area (Å²) in [6, 6.07) is 8.80. The number of hydrogen-bond donors (Lipinski definition) is 3. The second-order valence-corrected chi connectivity index (χ2v) is 6.25. The van der Waals surface area contributed by atoms with Gasteiger partial charge in [-0.15, -0.1) is 0 Å². The number of carbonyl (C=O) groups excluding carboxylic acids is 2. The van der Waals surface area contributed by atoms with Crippen LogP contribution in [-0.4, -0.2) is 27.5 Å². The van der Waals surface area contributed by atoms with Crippen LogP contribution in [0.25, 0.3) is 0 Å². The summed E-state index contributed by atoms with van der Waals surface area (Å²) >= 11 is 0. The number of nitrogens with zero attached hydrogens (tertiary/aromatic N) is 1. The Morgan fingerprint density at radius 3 is 2.39 bits per heavy atom. The lowest BCUT2D eigenvalue weighted by Crippen LogP contribution is -2.61. The van der Waals surface area contributed by atoms with Gasteiger partial charge in [-0.3, -0.25) is 23.9 Å². The van der Waals surface area contributed by atoms with E-state index in [1.807, 2.05) is 5.32 Å². The van der Waals surface area contributed by atoms with Gasteiger partial charge in [-0.2, -0.15) is 13.2 Å². The first-order chi connectivity index (χ1) is 13.1. The number of hydrogen-bond acceptors (Lipinski definition) is 4. The molecule has 2 amide bonds. The molecule has 8 nitrogen and oxygen atoms in total. The zero-order valence-corrected chi connectivity index (χ0v) is 14.5. The van der Waals surface area contributed by atoms with Crippen molar-refractivity contribution in [3.8, 4) is 0 Å². The van der Waals surface area contributed by atoms with Gasteiger partial charge in [0, 0.05) is 13.5 Å². The van der Waals surface area contributed by atoms with Gasteiger partial charge in [0.05, 0.1) is 0 Å². The van der Waals surface area contributed by atoms with Crippen molar-refractivity contribution < 1.29 is 22.8 Å². The SMILES string of the molecule is CC(=O)N[C@@]1(C(F)(F)F)C(=O)Nc2c1c(=O)[nH]c(=O)n2CCc1ccccc1. The molecule has 1 atom stereocenters. The van der Waals surface area contributed by atoms with Crippen LogP contribution in [0, 0.1) is 0 Å². The molecule has 0 saturated heterocycles. The molecule has 1 aromatic heterocycles. The number of nitrogens with one attached hydrogen (secondary N) is 3. The van der Waals surface area contributed by atoms with Gasteiger partial charge in [-0.25, -0.2) is 4.79 Å². The van der Waals surface area contributed by atoms with Crippen LogP contribution in [-0.2, 0) is 28.1 Å². The largest absolute Gasteiger partial charge is 0.425 e. The Hall–Kier alpha value is -3.37. The second-order valence-electron chi connectivity index (χ2n) is 6.25. The maximum Gasteiger partial charge on any atom is 0.425 e. The highest BCUT2D eigenvalue weighted by Gasteiger charge is 2.68. The van der Waals surface area contributed by atoms with Gasteiger partial charge in [0.25, 0.3) is 11.5 Å². The lowest BCUT2D eigenvalue weighted by molar-refractivity contribution is -0.200. The summed E-state index contributed by atoms with van der Waals surface area (Å²) in [4.78, 5) is 50.0. The normalized spacial score (nSPS) is 18.5. The van der Waals surface area contributed by atoms with Gasteiger partial charge in [0.15, 0.2) is 0 Å². The first kappa shape index (κ1) is 19.4. The van der Waals surface area contributed by atoms with Gasteiger partial charge in [0.1, 0.15) is 11.4 Å². The van der Waals surface area contributed by atoms with E-state index in [0.717, 1.165) is 17.1 Å². The first-order valence-corrected chi connectivity index (χ1v) is 8.16. The average Bonchev–Trinajstić information content (AvgIpc) is 2.88. The molecule has 0 radical (unpaired) electrons.